The predicted molar refractivity (Wildman–Crippen MR) is 59.1 cm³/mol. The minimum atomic E-state index is 0.542. The van der Waals surface area contributed by atoms with E-state index in [0.717, 1.165) is 5.56 Å². The zero-order valence-electron chi connectivity index (χ0n) is 7.95. The molecule has 0 unspecified atom stereocenters. The lowest BCUT2D eigenvalue weighted by Crippen LogP contribution is -2.13. The van der Waals surface area contributed by atoms with Crippen molar-refractivity contribution in [1.29, 1.82) is 0 Å². The Bertz CT molecular complexity index is 261. The largest absolute Gasteiger partial charge is 0.297 e. The molecule has 14 heavy (non-hydrogen) atoms. The molecule has 0 radical (unpaired) electrons. The number of halogens is 1. The molecule has 1 aromatic rings. The summed E-state index contributed by atoms with van der Waals surface area (Å²) < 4.78 is 0. The van der Waals surface area contributed by atoms with Crippen LogP contribution in [0.2, 0.25) is 0 Å². The molecule has 0 bridgehead atoms. The molecule has 0 fully saturated rings. The van der Waals surface area contributed by atoms with Crippen LogP contribution in [0.4, 0.5) is 0 Å². The van der Waals surface area contributed by atoms with E-state index in [1.165, 1.54) is 0 Å². The van der Waals surface area contributed by atoms with E-state index in [1.54, 1.807) is 0 Å². The Labute approximate surface area is 89.5 Å². The van der Waals surface area contributed by atoms with Crippen LogP contribution >= 0.6 is 11.6 Å². The zero-order chi connectivity index (χ0) is 10.1. The third kappa shape index (κ3) is 5.02. The lowest BCUT2D eigenvalue weighted by Gasteiger charge is -2.02. The van der Waals surface area contributed by atoms with Crippen LogP contribution in [0.5, 0.6) is 0 Å². The molecule has 0 spiro atoms. The van der Waals surface area contributed by atoms with Crippen LogP contribution < -0.4 is 5.48 Å². The fraction of sp³-hybridized carbons (Fsp3) is 0.273. The van der Waals surface area contributed by atoms with E-state index in [9.17, 15) is 0 Å². The summed E-state index contributed by atoms with van der Waals surface area (Å²) in [5.41, 5.74) is 3.98. The van der Waals surface area contributed by atoms with Crippen LogP contribution in [0, 0.1) is 0 Å². The van der Waals surface area contributed by atoms with Gasteiger partial charge in [0.05, 0.1) is 6.61 Å². The number of benzene rings is 1. The van der Waals surface area contributed by atoms with Crippen LogP contribution in [-0.4, -0.2) is 12.4 Å². The van der Waals surface area contributed by atoms with E-state index in [2.05, 4.69) is 5.48 Å². The van der Waals surface area contributed by atoms with E-state index in [-0.39, 0.29) is 0 Å². The molecule has 76 valence electrons. The van der Waals surface area contributed by atoms with Gasteiger partial charge in [-0.2, -0.15) is 5.48 Å². The van der Waals surface area contributed by atoms with E-state index in [1.807, 2.05) is 42.5 Å². The molecule has 1 N–H and O–H groups in total. The maximum absolute atomic E-state index is 5.45. The van der Waals surface area contributed by atoms with Gasteiger partial charge in [-0.1, -0.05) is 42.5 Å². The first-order valence-electron chi connectivity index (χ1n) is 4.53. The highest BCUT2D eigenvalue weighted by molar-refractivity contribution is 6.18. The van der Waals surface area contributed by atoms with Crippen molar-refractivity contribution in [2.75, 3.05) is 12.4 Å². The summed E-state index contributed by atoms with van der Waals surface area (Å²) in [6.07, 6.45) is 3.80. The summed E-state index contributed by atoms with van der Waals surface area (Å²) in [5.74, 6) is 0.542. The molecule has 0 saturated heterocycles. The minimum absolute atomic E-state index is 0.542. The van der Waals surface area contributed by atoms with Crippen molar-refractivity contribution < 1.29 is 4.84 Å². The van der Waals surface area contributed by atoms with Gasteiger partial charge < -0.3 is 0 Å². The summed E-state index contributed by atoms with van der Waals surface area (Å²) in [7, 11) is 0. The minimum Gasteiger partial charge on any atom is -0.297 e. The second kappa shape index (κ2) is 7.56. The first kappa shape index (κ1) is 11.2. The Morgan fingerprint density at radius 2 is 2.00 bits per heavy atom. The number of hydrogen-bond acceptors (Lipinski definition) is 2. The Kier molecular flexibility index (Phi) is 6.07. The molecule has 1 aromatic carbocycles. The van der Waals surface area contributed by atoms with E-state index in [0.29, 0.717) is 19.0 Å². The fourth-order valence-electron chi connectivity index (χ4n) is 0.962. The summed E-state index contributed by atoms with van der Waals surface area (Å²) in [4.78, 5) is 5.22. The van der Waals surface area contributed by atoms with Gasteiger partial charge >= 0.3 is 0 Å². The van der Waals surface area contributed by atoms with Crippen molar-refractivity contribution in [3.8, 4) is 0 Å². The summed E-state index contributed by atoms with van der Waals surface area (Å²) in [6, 6.07) is 10.0. The normalized spacial score (nSPS) is 10.9. The maximum atomic E-state index is 5.45. The van der Waals surface area contributed by atoms with Gasteiger partial charge in [0.2, 0.25) is 0 Å². The number of hydroxylamine groups is 1. The van der Waals surface area contributed by atoms with Crippen molar-refractivity contribution in [2.45, 2.75) is 6.61 Å². The highest BCUT2D eigenvalue weighted by Gasteiger charge is 1.89. The van der Waals surface area contributed by atoms with Gasteiger partial charge in [-0.05, 0) is 5.56 Å². The molecule has 0 amide bonds. The monoisotopic (exact) mass is 211 g/mol. The van der Waals surface area contributed by atoms with E-state index < -0.39 is 0 Å². The first-order chi connectivity index (χ1) is 6.93. The molecule has 0 aliphatic heterocycles. The number of rotatable bonds is 6. The van der Waals surface area contributed by atoms with Crippen LogP contribution in [0.3, 0.4) is 0 Å². The second-order valence-corrected chi connectivity index (χ2v) is 3.06. The molecular weight excluding hydrogens is 198 g/mol. The van der Waals surface area contributed by atoms with Crippen molar-refractivity contribution >= 4 is 11.6 Å². The highest BCUT2D eigenvalue weighted by Crippen LogP contribution is 1.98. The fourth-order valence-corrected chi connectivity index (χ4v) is 1.09. The number of hydrogen-bond donors (Lipinski definition) is 1. The standard InChI is InChI=1S/C11H14ClNO/c12-8-4-5-9-13-14-10-11-6-2-1-3-7-11/h1-7,13H,8-10H2/b5-4+. The maximum Gasteiger partial charge on any atom is 0.0933 e. The lowest BCUT2D eigenvalue weighted by atomic mass is 10.2. The highest BCUT2D eigenvalue weighted by atomic mass is 35.5. The molecule has 3 heteroatoms. The van der Waals surface area contributed by atoms with E-state index in [4.69, 9.17) is 16.4 Å². The van der Waals surface area contributed by atoms with Gasteiger partial charge in [0.25, 0.3) is 0 Å². The number of alkyl halides is 1. The van der Waals surface area contributed by atoms with Gasteiger partial charge in [-0.15, -0.1) is 11.6 Å². The van der Waals surface area contributed by atoms with Gasteiger partial charge in [0.1, 0.15) is 0 Å². The van der Waals surface area contributed by atoms with Crippen molar-refractivity contribution in [3.63, 3.8) is 0 Å². The Morgan fingerprint density at radius 3 is 2.71 bits per heavy atom. The Balaban J connectivity index is 2.07. The summed E-state index contributed by atoms with van der Waals surface area (Å²) in [5, 5.41) is 0. The van der Waals surface area contributed by atoms with Gasteiger partial charge in [0.15, 0.2) is 0 Å². The third-order valence-corrected chi connectivity index (χ3v) is 1.82. The van der Waals surface area contributed by atoms with Crippen LogP contribution in [0.15, 0.2) is 42.5 Å². The molecule has 0 atom stereocenters. The summed E-state index contributed by atoms with van der Waals surface area (Å²) in [6.45, 7) is 1.26. The van der Waals surface area contributed by atoms with Crippen LogP contribution in [0.1, 0.15) is 5.56 Å². The van der Waals surface area contributed by atoms with Crippen molar-refractivity contribution in [1.82, 2.24) is 5.48 Å². The number of allylic oxidation sites excluding steroid dienone is 1. The Morgan fingerprint density at radius 1 is 1.21 bits per heavy atom. The Hall–Kier alpha value is -0.830. The smallest absolute Gasteiger partial charge is 0.0933 e. The van der Waals surface area contributed by atoms with Gasteiger partial charge in [-0.3, -0.25) is 4.84 Å². The molecule has 0 aliphatic carbocycles. The molecular formula is C11H14ClNO. The second-order valence-electron chi connectivity index (χ2n) is 2.75. The molecule has 0 aliphatic rings. The zero-order valence-corrected chi connectivity index (χ0v) is 8.70. The lowest BCUT2D eigenvalue weighted by molar-refractivity contribution is 0.0351. The quantitative estimate of drug-likeness (QED) is 0.338. The van der Waals surface area contributed by atoms with Crippen molar-refractivity contribution in [3.05, 3.63) is 48.0 Å². The third-order valence-electron chi connectivity index (χ3n) is 1.64. The average Bonchev–Trinajstić information content (AvgIpc) is 2.25. The van der Waals surface area contributed by atoms with Crippen molar-refractivity contribution in [2.24, 2.45) is 0 Å². The number of nitrogens with one attached hydrogen (secondary N) is 1. The molecule has 0 aromatic heterocycles. The van der Waals surface area contributed by atoms with Crippen LogP contribution in [-0.2, 0) is 11.4 Å². The van der Waals surface area contributed by atoms with Gasteiger partial charge in [0, 0.05) is 12.4 Å². The molecule has 0 heterocycles. The average molecular weight is 212 g/mol. The summed E-state index contributed by atoms with van der Waals surface area (Å²) >= 11 is 5.45. The molecule has 2 nitrogen and oxygen atoms in total. The van der Waals surface area contributed by atoms with Crippen LogP contribution in [0.25, 0.3) is 0 Å². The topological polar surface area (TPSA) is 21.3 Å². The molecule has 1 rings (SSSR count). The SMILES string of the molecule is ClC/C=C/CNOCc1ccccc1. The first-order valence-corrected chi connectivity index (χ1v) is 5.06. The van der Waals surface area contributed by atoms with Gasteiger partial charge in [-0.25, -0.2) is 0 Å². The predicted octanol–water partition coefficient (Wildman–Crippen LogP) is 2.50. The van der Waals surface area contributed by atoms with E-state index >= 15 is 0 Å². The molecule has 0 saturated carbocycles.